The minimum Gasteiger partial charge on any atom is -0.491 e. The smallest absolute Gasteiger partial charge is 0.332 e. The molecule has 4 aromatic rings. The van der Waals surface area contributed by atoms with Crippen molar-refractivity contribution in [1.29, 1.82) is 0 Å². The van der Waals surface area contributed by atoms with Crippen molar-refractivity contribution in [3.05, 3.63) is 90.6 Å². The summed E-state index contributed by atoms with van der Waals surface area (Å²) in [6, 6.07) is 13.2. The average Bonchev–Trinajstić information content (AvgIpc) is 3.24. The Bertz CT molecular complexity index is 1600. The van der Waals surface area contributed by atoms with E-state index in [9.17, 15) is 24.8 Å². The van der Waals surface area contributed by atoms with Crippen LogP contribution in [0, 0.1) is 17.0 Å². The highest BCUT2D eigenvalue weighted by molar-refractivity contribution is 5.81. The molecule has 0 saturated heterocycles. The van der Waals surface area contributed by atoms with Gasteiger partial charge in [-0.3, -0.25) is 24.0 Å². The van der Waals surface area contributed by atoms with Gasteiger partial charge >= 0.3 is 5.69 Å². The lowest BCUT2D eigenvalue weighted by Gasteiger charge is -2.15. The summed E-state index contributed by atoms with van der Waals surface area (Å²) in [5.74, 6) is 0.669. The molecule has 1 atom stereocenters. The van der Waals surface area contributed by atoms with Crippen LogP contribution >= 0.6 is 0 Å². The van der Waals surface area contributed by atoms with Crippen LogP contribution in [0.2, 0.25) is 0 Å². The molecule has 13 nitrogen and oxygen atoms in total. The van der Waals surface area contributed by atoms with Crippen LogP contribution in [-0.2, 0) is 20.6 Å². The van der Waals surface area contributed by atoms with Crippen molar-refractivity contribution in [3.8, 4) is 5.75 Å². The lowest BCUT2D eigenvalue weighted by Crippen LogP contribution is -2.38. The number of nitro benzene ring substituents is 1. The number of nitrogens with zero attached hydrogens (tertiary/aromatic N) is 6. The minimum absolute atomic E-state index is 0.0643. The molecule has 0 amide bonds. The molecule has 0 fully saturated rings. The molecule has 2 N–H and O–H groups in total. The third kappa shape index (κ3) is 5.41. The van der Waals surface area contributed by atoms with E-state index in [-0.39, 0.29) is 36.0 Å². The number of anilines is 1. The van der Waals surface area contributed by atoms with Crippen molar-refractivity contribution in [1.82, 2.24) is 18.7 Å². The highest BCUT2D eigenvalue weighted by Crippen LogP contribution is 2.18. The number of hydrogen-bond donors (Lipinski definition) is 2. The van der Waals surface area contributed by atoms with Crippen LogP contribution in [0.15, 0.2) is 63.2 Å². The van der Waals surface area contributed by atoms with Crippen LogP contribution in [0.1, 0.15) is 11.1 Å². The van der Waals surface area contributed by atoms with Gasteiger partial charge < -0.3 is 14.4 Å². The standard InChI is InChI=1S/C24H25N7O6/c1-15-7-9-19(10-8-15)37-14-18(32)13-30-20-21(28(2)24(34)29(3)22(20)33)26-23(30)27-25-12-16-5-4-6-17(11-16)31(35)36/h4-12,18,32H,13-14H2,1-3H3,(H,26,27). The van der Waals surface area contributed by atoms with E-state index in [1.807, 2.05) is 19.1 Å². The number of benzene rings is 2. The van der Waals surface area contributed by atoms with E-state index in [0.29, 0.717) is 11.3 Å². The number of aryl methyl sites for hydroxylation is 2. The quantitative estimate of drug-likeness (QED) is 0.196. The number of rotatable bonds is 9. The molecule has 0 saturated carbocycles. The summed E-state index contributed by atoms with van der Waals surface area (Å²) in [6.45, 7) is 1.79. The van der Waals surface area contributed by atoms with Gasteiger partial charge in [0.05, 0.1) is 17.7 Å². The summed E-state index contributed by atoms with van der Waals surface area (Å²) in [7, 11) is 2.83. The zero-order chi connectivity index (χ0) is 26.7. The summed E-state index contributed by atoms with van der Waals surface area (Å²) in [4.78, 5) is 40.2. The number of aromatic nitrogens is 4. The fraction of sp³-hybridized carbons (Fsp3) is 0.250. The summed E-state index contributed by atoms with van der Waals surface area (Å²) >= 11 is 0. The van der Waals surface area contributed by atoms with Gasteiger partial charge in [-0.2, -0.15) is 10.1 Å². The predicted molar refractivity (Wildman–Crippen MR) is 137 cm³/mol. The first kappa shape index (κ1) is 25.3. The van der Waals surface area contributed by atoms with Crippen LogP contribution in [0.25, 0.3) is 11.2 Å². The number of aliphatic hydroxyl groups excluding tert-OH is 1. The van der Waals surface area contributed by atoms with Crippen LogP contribution < -0.4 is 21.4 Å². The minimum atomic E-state index is -1.04. The van der Waals surface area contributed by atoms with Crippen molar-refractivity contribution in [2.75, 3.05) is 12.0 Å². The Morgan fingerprint density at radius 2 is 1.92 bits per heavy atom. The first-order chi connectivity index (χ1) is 17.7. The Kier molecular flexibility index (Phi) is 7.15. The molecule has 4 rings (SSSR count). The Balaban J connectivity index is 1.65. The number of non-ortho nitro benzene ring substituents is 1. The summed E-state index contributed by atoms with van der Waals surface area (Å²) in [5, 5.41) is 25.8. The second-order valence-corrected chi connectivity index (χ2v) is 8.42. The third-order valence-electron chi connectivity index (χ3n) is 5.66. The van der Waals surface area contributed by atoms with Gasteiger partial charge in [0.1, 0.15) is 18.5 Å². The van der Waals surface area contributed by atoms with Gasteiger partial charge in [0.25, 0.3) is 11.2 Å². The molecule has 1 unspecified atom stereocenters. The van der Waals surface area contributed by atoms with Crippen molar-refractivity contribution < 1.29 is 14.8 Å². The molecule has 192 valence electrons. The predicted octanol–water partition coefficient (Wildman–Crippen LogP) is 1.54. The molecular weight excluding hydrogens is 482 g/mol. The van der Waals surface area contributed by atoms with E-state index in [0.717, 1.165) is 10.1 Å². The molecular formula is C24H25N7O6. The summed E-state index contributed by atoms with van der Waals surface area (Å²) in [5.41, 5.74) is 3.20. The van der Waals surface area contributed by atoms with Crippen LogP contribution in [0.4, 0.5) is 11.6 Å². The Morgan fingerprint density at radius 3 is 2.62 bits per heavy atom. The fourth-order valence-electron chi connectivity index (χ4n) is 3.68. The second-order valence-electron chi connectivity index (χ2n) is 8.42. The van der Waals surface area contributed by atoms with Crippen LogP contribution in [-0.4, -0.2) is 47.6 Å². The van der Waals surface area contributed by atoms with Gasteiger partial charge in [-0.1, -0.05) is 29.8 Å². The first-order valence-corrected chi connectivity index (χ1v) is 11.2. The topological polar surface area (TPSA) is 159 Å². The van der Waals surface area contributed by atoms with Gasteiger partial charge in [0.2, 0.25) is 5.95 Å². The number of aliphatic hydroxyl groups is 1. The third-order valence-corrected chi connectivity index (χ3v) is 5.66. The maximum absolute atomic E-state index is 13.0. The van der Waals surface area contributed by atoms with E-state index >= 15 is 0 Å². The van der Waals surface area contributed by atoms with Crippen LogP contribution in [0.5, 0.6) is 5.75 Å². The maximum Gasteiger partial charge on any atom is 0.332 e. The number of nitrogens with one attached hydrogen (secondary N) is 1. The zero-order valence-electron chi connectivity index (χ0n) is 20.4. The lowest BCUT2D eigenvalue weighted by molar-refractivity contribution is -0.384. The summed E-state index contributed by atoms with van der Waals surface area (Å²) < 4.78 is 9.25. The van der Waals surface area contributed by atoms with Gasteiger partial charge in [0.15, 0.2) is 11.2 Å². The van der Waals surface area contributed by atoms with Gasteiger partial charge in [0, 0.05) is 31.8 Å². The van der Waals surface area contributed by atoms with E-state index in [2.05, 4.69) is 15.5 Å². The normalized spacial score (nSPS) is 12.2. The zero-order valence-corrected chi connectivity index (χ0v) is 20.4. The SMILES string of the molecule is Cc1ccc(OCC(O)Cn2c(NN=Cc3cccc([N+](=O)[O-])c3)nc3c2c(=O)n(C)c(=O)n3C)cc1. The average molecular weight is 508 g/mol. The number of hydrazone groups is 1. The molecule has 0 aliphatic heterocycles. The monoisotopic (exact) mass is 507 g/mol. The molecule has 2 aromatic heterocycles. The van der Waals surface area contributed by atoms with Crippen molar-refractivity contribution in [2.24, 2.45) is 19.2 Å². The molecule has 0 aliphatic rings. The summed E-state index contributed by atoms with van der Waals surface area (Å²) in [6.07, 6.45) is 0.312. The Labute approximate surface area is 210 Å². The van der Waals surface area contributed by atoms with E-state index in [4.69, 9.17) is 4.74 Å². The van der Waals surface area contributed by atoms with Gasteiger partial charge in [-0.15, -0.1) is 0 Å². The molecule has 0 bridgehead atoms. The van der Waals surface area contributed by atoms with Crippen molar-refractivity contribution in [2.45, 2.75) is 19.6 Å². The maximum atomic E-state index is 13.0. The number of imidazole rings is 1. The van der Waals surface area contributed by atoms with E-state index < -0.39 is 22.3 Å². The first-order valence-electron chi connectivity index (χ1n) is 11.2. The molecule has 0 radical (unpaired) electrons. The highest BCUT2D eigenvalue weighted by Gasteiger charge is 2.21. The molecule has 2 heterocycles. The van der Waals surface area contributed by atoms with Crippen LogP contribution in [0.3, 0.4) is 0 Å². The van der Waals surface area contributed by atoms with Gasteiger partial charge in [-0.25, -0.2) is 10.2 Å². The number of nitro groups is 1. The number of hydrogen-bond acceptors (Lipinski definition) is 9. The molecule has 0 spiro atoms. The van der Waals surface area contributed by atoms with E-state index in [1.165, 1.54) is 47.6 Å². The van der Waals surface area contributed by atoms with Gasteiger partial charge in [-0.05, 0) is 19.1 Å². The largest absolute Gasteiger partial charge is 0.491 e. The second kappa shape index (κ2) is 10.5. The lowest BCUT2D eigenvalue weighted by atomic mass is 10.2. The number of ether oxygens (including phenoxy) is 1. The molecule has 2 aromatic carbocycles. The number of fused-ring (bicyclic) bond motifs is 1. The van der Waals surface area contributed by atoms with E-state index in [1.54, 1.807) is 18.2 Å². The van der Waals surface area contributed by atoms with Crippen molar-refractivity contribution >= 4 is 29.0 Å². The Morgan fingerprint density at radius 1 is 1.19 bits per heavy atom. The fourth-order valence-corrected chi connectivity index (χ4v) is 3.68. The highest BCUT2D eigenvalue weighted by atomic mass is 16.6. The molecule has 0 aliphatic carbocycles. The Hall–Kier alpha value is -4.78. The molecule has 37 heavy (non-hydrogen) atoms. The molecule has 13 heteroatoms. The van der Waals surface area contributed by atoms with Crippen molar-refractivity contribution in [3.63, 3.8) is 0 Å².